The number of anilines is 1. The molecule has 0 aromatic heterocycles. The molecule has 1 N–H and O–H groups in total. The molecule has 2 nitrogen and oxygen atoms in total. The zero-order valence-corrected chi connectivity index (χ0v) is 12.8. The molecule has 1 amide bonds. The van der Waals surface area contributed by atoms with Gasteiger partial charge >= 0.3 is 31.1 Å². The average Bonchev–Trinajstić information content (AvgIpc) is 2.09. The van der Waals surface area contributed by atoms with E-state index in [0.29, 0.717) is 5.69 Å². The molecule has 0 saturated heterocycles. The summed E-state index contributed by atoms with van der Waals surface area (Å²) in [6.07, 6.45) is 1.47. The Morgan fingerprint density at radius 3 is 2.77 bits per heavy atom. The van der Waals surface area contributed by atoms with Crippen molar-refractivity contribution in [2.45, 2.75) is 6.92 Å². The number of benzene rings is 1. The standard InChI is InChI=1S/C9H8BrNO.U/c1-2-9(12)11-8-5-3-7(10)4-6-8;/h2-5H,1H3,(H,11,12);/q-2;+2. The Morgan fingerprint density at radius 1 is 1.62 bits per heavy atom. The van der Waals surface area contributed by atoms with Gasteiger partial charge in [0.15, 0.2) is 0 Å². The largest absolute Gasteiger partial charge is 2.00 e. The van der Waals surface area contributed by atoms with Gasteiger partial charge in [0.1, 0.15) is 0 Å². The first kappa shape index (κ1) is 13.1. The van der Waals surface area contributed by atoms with Crippen LogP contribution in [0.25, 0.3) is 0 Å². The normalized spacial score (nSPS) is 8.46. The topological polar surface area (TPSA) is 29.1 Å². The number of carbonyl (C=O) groups excluding carboxylic acids is 1. The molecule has 13 heavy (non-hydrogen) atoms. The Bertz CT molecular complexity index is 273. The summed E-state index contributed by atoms with van der Waals surface area (Å²) in [5.41, 5.74) is 0.682. The Balaban J connectivity index is 0.00000144. The van der Waals surface area contributed by atoms with Gasteiger partial charge in [-0.3, -0.25) is 0 Å². The molecule has 0 atom stereocenters. The molecule has 66 valence electrons. The van der Waals surface area contributed by atoms with E-state index in [1.807, 2.05) is 6.07 Å². The minimum Gasteiger partial charge on any atom is -0.374 e. The van der Waals surface area contributed by atoms with Gasteiger partial charge in [-0.2, -0.15) is 25.1 Å². The second kappa shape index (κ2) is 6.53. The van der Waals surface area contributed by atoms with Gasteiger partial charge in [0, 0.05) is 0 Å². The van der Waals surface area contributed by atoms with Gasteiger partial charge < -0.3 is 16.5 Å². The summed E-state index contributed by atoms with van der Waals surface area (Å²) in [5, 5.41) is 2.65. The number of hydrogen-bond acceptors (Lipinski definition) is 1. The van der Waals surface area contributed by atoms with E-state index in [-0.39, 0.29) is 37.0 Å². The molecule has 0 fully saturated rings. The third-order valence-electron chi connectivity index (χ3n) is 1.29. The van der Waals surface area contributed by atoms with Crippen LogP contribution in [-0.4, -0.2) is 5.91 Å². The van der Waals surface area contributed by atoms with Crippen molar-refractivity contribution in [2.24, 2.45) is 0 Å². The van der Waals surface area contributed by atoms with Crippen LogP contribution in [-0.2, 0) is 4.79 Å². The van der Waals surface area contributed by atoms with E-state index in [9.17, 15) is 4.79 Å². The van der Waals surface area contributed by atoms with Gasteiger partial charge in [-0.1, -0.05) is 10.2 Å². The summed E-state index contributed by atoms with van der Waals surface area (Å²) in [4.78, 5) is 10.9. The molecular weight excluding hydrogens is 456 g/mol. The molecular formula is C9H8BrNOU. The number of nitrogens with one attached hydrogen (secondary N) is 1. The molecule has 0 heterocycles. The first-order valence-electron chi connectivity index (χ1n) is 3.50. The van der Waals surface area contributed by atoms with Crippen molar-refractivity contribution >= 4 is 27.5 Å². The third-order valence-corrected chi connectivity index (χ3v) is 1.79. The van der Waals surface area contributed by atoms with Crippen molar-refractivity contribution in [3.05, 3.63) is 35.2 Å². The van der Waals surface area contributed by atoms with Crippen molar-refractivity contribution in [1.29, 1.82) is 0 Å². The summed E-state index contributed by atoms with van der Waals surface area (Å²) >= 11 is 3.28. The molecule has 1 aromatic rings. The van der Waals surface area contributed by atoms with Crippen LogP contribution in [0.2, 0.25) is 0 Å². The quantitative estimate of drug-likeness (QED) is 0.670. The van der Waals surface area contributed by atoms with E-state index in [1.54, 1.807) is 19.1 Å². The smallest absolute Gasteiger partial charge is 0.374 e. The molecule has 0 aliphatic rings. The maximum atomic E-state index is 10.9. The second-order valence-electron chi connectivity index (χ2n) is 2.20. The molecule has 0 spiro atoms. The first-order valence-corrected chi connectivity index (χ1v) is 4.29. The summed E-state index contributed by atoms with van der Waals surface area (Å²) in [6.45, 7) is 1.69. The fraction of sp³-hybridized carbons (Fsp3) is 0.111. The maximum Gasteiger partial charge on any atom is 2.00 e. The monoisotopic (exact) mass is 463 g/mol. The van der Waals surface area contributed by atoms with Crippen LogP contribution < -0.4 is 5.32 Å². The van der Waals surface area contributed by atoms with Crippen molar-refractivity contribution in [3.8, 4) is 0 Å². The summed E-state index contributed by atoms with van der Waals surface area (Å²) in [5.74, 6) is -0.117. The molecule has 0 saturated carbocycles. The maximum absolute atomic E-state index is 10.9. The number of rotatable bonds is 2. The van der Waals surface area contributed by atoms with Gasteiger partial charge in [0.2, 0.25) is 0 Å². The SMILES string of the molecule is C[CH-]C(=O)Nc1[c-]cc(Br)cc1.[U+2]. The number of carbonyl (C=O) groups is 1. The van der Waals surface area contributed by atoms with Gasteiger partial charge in [0.05, 0.1) is 5.91 Å². The fourth-order valence-corrected chi connectivity index (χ4v) is 0.935. The number of amides is 1. The van der Waals surface area contributed by atoms with Gasteiger partial charge in [-0.05, 0) is 0 Å². The molecule has 0 radical (unpaired) electrons. The van der Waals surface area contributed by atoms with Gasteiger partial charge in [-0.15, -0.1) is 22.0 Å². The number of halogens is 1. The van der Waals surface area contributed by atoms with Gasteiger partial charge in [0.25, 0.3) is 0 Å². The van der Waals surface area contributed by atoms with E-state index in [0.717, 1.165) is 4.47 Å². The van der Waals surface area contributed by atoms with E-state index < -0.39 is 0 Å². The van der Waals surface area contributed by atoms with Gasteiger partial charge in [-0.25, -0.2) is 0 Å². The van der Waals surface area contributed by atoms with Crippen molar-refractivity contribution in [2.75, 3.05) is 5.32 Å². The van der Waals surface area contributed by atoms with Crippen LogP contribution in [0.5, 0.6) is 0 Å². The van der Waals surface area contributed by atoms with Crippen LogP contribution in [0.3, 0.4) is 0 Å². The third kappa shape index (κ3) is 4.76. The average molecular weight is 464 g/mol. The van der Waals surface area contributed by atoms with Crippen LogP contribution in [0.1, 0.15) is 6.92 Å². The van der Waals surface area contributed by atoms with E-state index in [2.05, 4.69) is 27.3 Å². The van der Waals surface area contributed by atoms with Crippen LogP contribution in [0.15, 0.2) is 22.7 Å². The van der Waals surface area contributed by atoms with E-state index >= 15 is 0 Å². The Kier molecular flexibility index (Phi) is 6.58. The zero-order valence-electron chi connectivity index (χ0n) is 7.10. The van der Waals surface area contributed by atoms with E-state index in [1.165, 1.54) is 6.42 Å². The van der Waals surface area contributed by atoms with Crippen molar-refractivity contribution in [3.63, 3.8) is 0 Å². The molecule has 0 unspecified atom stereocenters. The molecule has 0 aliphatic heterocycles. The minimum atomic E-state index is -0.117. The summed E-state index contributed by atoms with van der Waals surface area (Å²) in [7, 11) is 0. The fourth-order valence-electron chi connectivity index (χ4n) is 0.689. The van der Waals surface area contributed by atoms with Crippen molar-refractivity contribution in [1.82, 2.24) is 0 Å². The van der Waals surface area contributed by atoms with Crippen molar-refractivity contribution < 1.29 is 35.9 Å². The Morgan fingerprint density at radius 2 is 2.31 bits per heavy atom. The molecule has 1 rings (SSSR count). The molecule has 0 aliphatic carbocycles. The van der Waals surface area contributed by atoms with E-state index in [4.69, 9.17) is 0 Å². The summed E-state index contributed by atoms with van der Waals surface area (Å²) in [6, 6.07) is 8.29. The number of hydrogen-bond donors (Lipinski definition) is 1. The molecule has 4 heteroatoms. The zero-order chi connectivity index (χ0) is 8.97. The molecule has 0 bridgehead atoms. The summed E-state index contributed by atoms with van der Waals surface area (Å²) < 4.78 is 0.945. The van der Waals surface area contributed by atoms with Crippen LogP contribution in [0.4, 0.5) is 5.69 Å². The molecule has 1 aromatic carbocycles. The first-order chi connectivity index (χ1) is 5.72. The van der Waals surface area contributed by atoms with Crippen LogP contribution >= 0.6 is 15.9 Å². The Labute approximate surface area is 110 Å². The predicted molar refractivity (Wildman–Crippen MR) is 51.6 cm³/mol. The minimum absolute atomic E-state index is 0. The predicted octanol–water partition coefficient (Wildman–Crippen LogP) is 2.41. The second-order valence-corrected chi connectivity index (χ2v) is 3.11. The van der Waals surface area contributed by atoms with Crippen LogP contribution in [0, 0.1) is 43.6 Å². The Hall–Kier alpha value is 0.0919.